The average Bonchev–Trinajstić information content (AvgIpc) is 2.74. The van der Waals surface area contributed by atoms with Crippen LogP contribution in [-0.4, -0.2) is 43.3 Å². The van der Waals surface area contributed by atoms with Crippen LogP contribution in [0.3, 0.4) is 0 Å². The van der Waals surface area contributed by atoms with Gasteiger partial charge in [0.05, 0.1) is 11.4 Å². The Morgan fingerprint density at radius 1 is 1.03 bits per heavy atom. The molecule has 1 aliphatic heterocycles. The first-order chi connectivity index (χ1) is 14.9. The smallest absolute Gasteiger partial charge is 0.176 e. The normalized spacial score (nSPS) is 15.2. The van der Waals surface area contributed by atoms with E-state index < -0.39 is 0 Å². The van der Waals surface area contributed by atoms with E-state index in [-0.39, 0.29) is 0 Å². The van der Waals surface area contributed by atoms with Crippen molar-refractivity contribution in [3.05, 3.63) is 70.9 Å². The van der Waals surface area contributed by atoms with E-state index in [1.54, 1.807) is 4.90 Å². The molecule has 2 aromatic rings. The minimum absolute atomic E-state index is 0.349. The fourth-order valence-corrected chi connectivity index (χ4v) is 3.46. The molecule has 0 saturated carbocycles. The molecule has 0 spiro atoms. The van der Waals surface area contributed by atoms with Crippen LogP contribution in [0.5, 0.6) is 5.75 Å². The molecule has 0 aliphatic carbocycles. The summed E-state index contributed by atoms with van der Waals surface area (Å²) in [6.07, 6.45) is 0. The summed E-state index contributed by atoms with van der Waals surface area (Å²) in [6, 6.07) is 16.1. The number of hydrogen-bond acceptors (Lipinski definition) is 7. The van der Waals surface area contributed by atoms with Crippen molar-refractivity contribution in [3.8, 4) is 5.75 Å². The third-order valence-corrected chi connectivity index (χ3v) is 5.01. The zero-order chi connectivity index (χ0) is 22.4. The van der Waals surface area contributed by atoms with Crippen molar-refractivity contribution in [2.45, 2.75) is 27.0 Å². The van der Waals surface area contributed by atoms with Crippen molar-refractivity contribution in [1.82, 2.24) is 10.2 Å². The van der Waals surface area contributed by atoms with Gasteiger partial charge in [-0.2, -0.15) is 5.10 Å². The lowest BCUT2D eigenvalue weighted by Crippen LogP contribution is -2.35. The Hall–Kier alpha value is -3.45. The summed E-state index contributed by atoms with van der Waals surface area (Å²) < 4.78 is 6.18. The first kappa shape index (κ1) is 22.2. The lowest BCUT2D eigenvalue weighted by atomic mass is 10.0. The number of benzene rings is 2. The number of hydrogen-bond donors (Lipinski definition) is 3. The molecule has 0 unspecified atom stereocenters. The van der Waals surface area contributed by atoms with E-state index in [4.69, 9.17) is 10.1 Å². The van der Waals surface area contributed by atoms with E-state index >= 15 is 0 Å². The highest BCUT2D eigenvalue weighted by Crippen LogP contribution is 2.28. The van der Waals surface area contributed by atoms with E-state index in [0.717, 1.165) is 34.8 Å². The van der Waals surface area contributed by atoms with Crippen molar-refractivity contribution < 1.29 is 4.74 Å². The predicted octanol–water partition coefficient (Wildman–Crippen LogP) is 4.04. The Balaban J connectivity index is 1.83. The molecule has 7 heteroatoms. The van der Waals surface area contributed by atoms with Gasteiger partial charge < -0.3 is 20.3 Å². The maximum absolute atomic E-state index is 8.58. The second kappa shape index (κ2) is 10.0. The van der Waals surface area contributed by atoms with E-state index in [0.29, 0.717) is 23.9 Å². The zero-order valence-electron chi connectivity index (χ0n) is 18.8. The van der Waals surface area contributed by atoms with Gasteiger partial charge in [-0.15, -0.1) is 5.10 Å². The first-order valence-corrected chi connectivity index (χ1v) is 10.2. The number of nitrogens with zero attached hydrogens (tertiary/aromatic N) is 3. The predicted molar refractivity (Wildman–Crippen MR) is 128 cm³/mol. The van der Waals surface area contributed by atoms with Gasteiger partial charge in [0.1, 0.15) is 18.1 Å². The summed E-state index contributed by atoms with van der Waals surface area (Å²) in [5, 5.41) is 23.6. The molecule has 0 amide bonds. The van der Waals surface area contributed by atoms with Crippen LogP contribution in [0.15, 0.2) is 70.0 Å². The summed E-state index contributed by atoms with van der Waals surface area (Å²) >= 11 is 0. The zero-order valence-corrected chi connectivity index (χ0v) is 18.8. The van der Waals surface area contributed by atoms with Gasteiger partial charge in [0.15, 0.2) is 5.84 Å². The molecule has 1 aliphatic rings. The van der Waals surface area contributed by atoms with E-state index in [1.807, 2.05) is 71.4 Å². The third kappa shape index (κ3) is 5.19. The highest BCUT2D eigenvalue weighted by molar-refractivity contribution is 6.53. The number of ether oxygens (including phenoxy) is 1. The maximum Gasteiger partial charge on any atom is 0.176 e. The molecule has 3 N–H and O–H groups in total. The van der Waals surface area contributed by atoms with Crippen molar-refractivity contribution in [3.63, 3.8) is 0 Å². The first-order valence-electron chi connectivity index (χ1n) is 10.2. The molecular weight excluding hydrogens is 388 g/mol. The number of para-hydroxylation sites is 2. The quantitative estimate of drug-likeness (QED) is 0.634. The minimum atomic E-state index is 0.349. The van der Waals surface area contributed by atoms with Crippen LogP contribution in [0.1, 0.15) is 25.0 Å². The van der Waals surface area contributed by atoms with Crippen LogP contribution in [0, 0.1) is 5.41 Å². The van der Waals surface area contributed by atoms with Crippen LogP contribution < -0.4 is 15.4 Å². The minimum Gasteiger partial charge on any atom is -0.487 e. The summed E-state index contributed by atoms with van der Waals surface area (Å²) in [4.78, 5) is 1.80. The van der Waals surface area contributed by atoms with Gasteiger partial charge in [0, 0.05) is 31.9 Å². The largest absolute Gasteiger partial charge is 0.487 e. The second-order valence-corrected chi connectivity index (χ2v) is 7.59. The highest BCUT2D eigenvalue weighted by Gasteiger charge is 2.23. The average molecular weight is 419 g/mol. The number of allylic oxidation sites excluding steroid dienone is 1. The topological polar surface area (TPSA) is 85.1 Å². The molecule has 0 radical (unpaired) electrons. The SMILES string of the molecule is CNCc1ccccc1COc1ccccc1N/C(C)=C1\C(=N)C(N(C)C)=NN=C1C. The third-order valence-electron chi connectivity index (χ3n) is 5.01. The fourth-order valence-electron chi connectivity index (χ4n) is 3.46. The van der Waals surface area contributed by atoms with Crippen molar-refractivity contribution >= 4 is 22.9 Å². The number of amidine groups is 1. The molecular formula is C24H30N6O. The van der Waals surface area contributed by atoms with Gasteiger partial charge in [-0.25, -0.2) is 0 Å². The van der Waals surface area contributed by atoms with Crippen LogP contribution in [-0.2, 0) is 13.2 Å². The van der Waals surface area contributed by atoms with E-state index in [9.17, 15) is 0 Å². The Morgan fingerprint density at radius 2 is 1.71 bits per heavy atom. The molecule has 0 atom stereocenters. The highest BCUT2D eigenvalue weighted by atomic mass is 16.5. The lowest BCUT2D eigenvalue weighted by molar-refractivity contribution is 0.306. The number of nitrogens with one attached hydrogen (secondary N) is 3. The van der Waals surface area contributed by atoms with Gasteiger partial charge in [0.25, 0.3) is 0 Å². The molecule has 0 aromatic heterocycles. The second-order valence-electron chi connectivity index (χ2n) is 7.59. The van der Waals surface area contributed by atoms with Gasteiger partial charge in [-0.05, 0) is 44.2 Å². The molecule has 0 saturated heterocycles. The number of anilines is 1. The van der Waals surface area contributed by atoms with Crippen molar-refractivity contribution in [2.24, 2.45) is 10.2 Å². The maximum atomic E-state index is 8.58. The molecule has 0 fully saturated rings. The fraction of sp³-hybridized carbons (Fsp3) is 0.292. The molecule has 0 bridgehead atoms. The standard InChI is InChI=1S/C24H30N6O/c1-16(22-17(2)28-29-24(23(22)25)30(4)5)27-20-12-8-9-13-21(20)31-15-19-11-7-6-10-18(19)14-26-3/h6-13,25-27H,14-15H2,1-5H3/b22-16-,25-23?. The Morgan fingerprint density at radius 3 is 2.42 bits per heavy atom. The number of rotatable bonds is 7. The van der Waals surface area contributed by atoms with Crippen LogP contribution in [0.4, 0.5) is 5.69 Å². The summed E-state index contributed by atoms with van der Waals surface area (Å²) in [5.74, 6) is 1.28. The van der Waals surface area contributed by atoms with Crippen molar-refractivity contribution in [1.29, 1.82) is 5.41 Å². The Kier molecular flexibility index (Phi) is 7.20. The van der Waals surface area contributed by atoms with Crippen LogP contribution in [0.2, 0.25) is 0 Å². The van der Waals surface area contributed by atoms with Crippen LogP contribution in [0.25, 0.3) is 0 Å². The monoisotopic (exact) mass is 418 g/mol. The molecule has 162 valence electrons. The summed E-state index contributed by atoms with van der Waals surface area (Å²) in [7, 11) is 5.66. The van der Waals surface area contributed by atoms with Gasteiger partial charge in [-0.3, -0.25) is 5.41 Å². The van der Waals surface area contributed by atoms with Gasteiger partial charge >= 0.3 is 0 Å². The summed E-state index contributed by atoms with van der Waals surface area (Å²) in [6.45, 7) is 5.08. The van der Waals surface area contributed by atoms with Crippen LogP contribution >= 0.6 is 0 Å². The lowest BCUT2D eigenvalue weighted by Gasteiger charge is -2.23. The molecule has 1 heterocycles. The van der Waals surface area contributed by atoms with Gasteiger partial charge in [-0.1, -0.05) is 36.4 Å². The van der Waals surface area contributed by atoms with Gasteiger partial charge in [0.2, 0.25) is 0 Å². The summed E-state index contributed by atoms with van der Waals surface area (Å²) in [5.41, 5.74) is 5.83. The molecule has 3 rings (SSSR count). The molecule has 31 heavy (non-hydrogen) atoms. The van der Waals surface area contributed by atoms with E-state index in [2.05, 4.69) is 33.0 Å². The van der Waals surface area contributed by atoms with Crippen molar-refractivity contribution in [2.75, 3.05) is 26.5 Å². The molecule has 7 nitrogen and oxygen atoms in total. The Bertz CT molecular complexity index is 1050. The molecule has 2 aromatic carbocycles. The Labute approximate surface area is 184 Å². The van der Waals surface area contributed by atoms with E-state index in [1.165, 1.54) is 5.56 Å².